The SMILES string of the molecule is CCc1nc2ccc(-c3cnc(N4CC(NC5CNC5)C4)nc3)cn2c1N(C)c1nc(-c2ccc(F)cc2)c(C#N)s1.O=CO. The van der Waals surface area contributed by atoms with E-state index in [1.54, 1.807) is 12.1 Å². The summed E-state index contributed by atoms with van der Waals surface area (Å²) in [6, 6.07) is 13.4. The molecule has 2 saturated heterocycles. The minimum atomic E-state index is -0.331. The summed E-state index contributed by atoms with van der Waals surface area (Å²) in [7, 11) is 1.93. The lowest BCUT2D eigenvalue weighted by molar-refractivity contribution is -0.122. The maximum atomic E-state index is 13.5. The zero-order valence-electron chi connectivity index (χ0n) is 24.7. The number of thiazole rings is 1. The molecule has 0 spiro atoms. The molecule has 2 aliphatic rings. The van der Waals surface area contributed by atoms with Gasteiger partial charge in [0.25, 0.3) is 6.47 Å². The molecule has 0 aliphatic carbocycles. The van der Waals surface area contributed by atoms with Gasteiger partial charge in [-0.05, 0) is 42.8 Å². The molecular weight excluding hydrogens is 595 g/mol. The Hall–Kier alpha value is -4.97. The van der Waals surface area contributed by atoms with Gasteiger partial charge in [-0.3, -0.25) is 9.20 Å². The van der Waals surface area contributed by atoms with Crippen molar-refractivity contribution in [2.75, 3.05) is 43.0 Å². The number of rotatable bonds is 8. The van der Waals surface area contributed by atoms with E-state index < -0.39 is 0 Å². The predicted molar refractivity (Wildman–Crippen MR) is 170 cm³/mol. The van der Waals surface area contributed by atoms with Crippen LogP contribution in [-0.2, 0) is 11.2 Å². The molecule has 2 aliphatic heterocycles. The first-order chi connectivity index (χ1) is 21.9. The Morgan fingerprint density at radius 2 is 1.80 bits per heavy atom. The van der Waals surface area contributed by atoms with Crippen LogP contribution in [0.25, 0.3) is 28.0 Å². The highest BCUT2D eigenvalue weighted by atomic mass is 32.1. The molecule has 0 radical (unpaired) electrons. The summed E-state index contributed by atoms with van der Waals surface area (Å²) in [5, 5.41) is 24.3. The number of hydrogen-bond acceptors (Lipinski definition) is 11. The van der Waals surface area contributed by atoms with E-state index in [0.29, 0.717) is 33.3 Å². The highest BCUT2D eigenvalue weighted by Crippen LogP contribution is 2.37. The average Bonchev–Trinajstić information content (AvgIpc) is 3.62. The standard InChI is InChI=1S/C30H29FN10S.CH2O2/c1-3-24-28(39(2)30-38-27(25(10-32)42-30)18-4-7-21(31)8-5-18)41-15-19(6-9-26(41)37-24)20-11-34-29(35-12-20)40-16-23(17-40)36-22-13-33-14-22;2-1-3/h4-9,11-12,15,22-23,33,36H,3,13-14,16-17H2,1-2H3;1H,(H,2,3). The number of benzene rings is 1. The lowest BCUT2D eigenvalue weighted by Gasteiger charge is -2.43. The molecule has 5 aromatic rings. The number of hydrogen-bond donors (Lipinski definition) is 3. The zero-order chi connectivity index (χ0) is 31.5. The summed E-state index contributed by atoms with van der Waals surface area (Å²) in [5.41, 5.74) is 4.84. The molecule has 6 heterocycles. The average molecular weight is 627 g/mol. The number of aryl methyl sites for hydroxylation is 1. The van der Waals surface area contributed by atoms with Crippen LogP contribution in [0.4, 0.5) is 21.3 Å². The van der Waals surface area contributed by atoms with Crippen LogP contribution in [0.5, 0.6) is 0 Å². The number of anilines is 3. The van der Waals surface area contributed by atoms with E-state index in [2.05, 4.69) is 38.5 Å². The first kappa shape index (κ1) is 30.1. The van der Waals surface area contributed by atoms with E-state index >= 15 is 0 Å². The van der Waals surface area contributed by atoms with Crippen LogP contribution in [0.1, 0.15) is 17.5 Å². The largest absolute Gasteiger partial charge is 0.483 e. The summed E-state index contributed by atoms with van der Waals surface area (Å²) in [4.78, 5) is 32.0. The summed E-state index contributed by atoms with van der Waals surface area (Å²) < 4.78 is 15.6. The maximum Gasteiger partial charge on any atom is 0.290 e. The second kappa shape index (κ2) is 12.9. The number of carbonyl (C=O) groups is 1. The van der Waals surface area contributed by atoms with Crippen molar-refractivity contribution >= 4 is 40.4 Å². The van der Waals surface area contributed by atoms with Crippen molar-refractivity contribution in [3.05, 3.63) is 71.4 Å². The first-order valence-corrected chi connectivity index (χ1v) is 15.3. The van der Waals surface area contributed by atoms with Crippen molar-refractivity contribution in [2.24, 2.45) is 0 Å². The third-order valence-corrected chi connectivity index (χ3v) is 8.86. The van der Waals surface area contributed by atoms with Gasteiger partial charge in [-0.1, -0.05) is 18.3 Å². The van der Waals surface area contributed by atoms with E-state index in [0.717, 1.165) is 66.8 Å². The second-order valence-corrected chi connectivity index (χ2v) is 11.7. The Bertz CT molecular complexity index is 1840. The fourth-order valence-corrected chi connectivity index (χ4v) is 6.24. The number of carboxylic acid groups (broad SMARTS) is 1. The summed E-state index contributed by atoms with van der Waals surface area (Å²) >= 11 is 1.30. The van der Waals surface area contributed by atoms with E-state index in [1.807, 2.05) is 47.1 Å². The molecule has 12 nitrogen and oxygen atoms in total. The number of fused-ring (bicyclic) bond motifs is 1. The Morgan fingerprint density at radius 1 is 1.11 bits per heavy atom. The van der Waals surface area contributed by atoms with Gasteiger partial charge in [-0.25, -0.2) is 24.3 Å². The van der Waals surface area contributed by atoms with Crippen molar-refractivity contribution in [2.45, 2.75) is 25.4 Å². The van der Waals surface area contributed by atoms with Crippen LogP contribution in [0.15, 0.2) is 55.0 Å². The molecule has 4 aromatic heterocycles. The van der Waals surface area contributed by atoms with Gasteiger partial charge in [-0.15, -0.1) is 0 Å². The number of pyridine rings is 1. The van der Waals surface area contributed by atoms with Crippen LogP contribution in [0.3, 0.4) is 0 Å². The summed E-state index contributed by atoms with van der Waals surface area (Å²) in [6.45, 7) is 5.74. The minimum Gasteiger partial charge on any atom is -0.483 e. The number of aromatic nitrogens is 5. The topological polar surface area (TPSA) is 148 Å². The molecule has 2 fully saturated rings. The van der Waals surface area contributed by atoms with Gasteiger partial charge in [0.2, 0.25) is 5.95 Å². The van der Waals surface area contributed by atoms with Gasteiger partial charge < -0.3 is 25.5 Å². The molecule has 230 valence electrons. The highest BCUT2D eigenvalue weighted by molar-refractivity contribution is 7.16. The molecule has 3 N–H and O–H groups in total. The molecule has 1 aromatic carbocycles. The van der Waals surface area contributed by atoms with Gasteiger partial charge in [0.05, 0.1) is 5.69 Å². The number of halogens is 1. The third kappa shape index (κ3) is 6.05. The Balaban J connectivity index is 0.00000115. The smallest absolute Gasteiger partial charge is 0.290 e. The van der Waals surface area contributed by atoms with Crippen LogP contribution in [-0.4, -0.2) is 81.2 Å². The van der Waals surface area contributed by atoms with E-state index in [1.165, 1.54) is 23.5 Å². The van der Waals surface area contributed by atoms with E-state index in [-0.39, 0.29) is 12.3 Å². The fraction of sp³-hybridized carbons (Fsp3) is 0.290. The minimum absolute atomic E-state index is 0.250. The molecule has 7 rings (SSSR count). The van der Waals surface area contributed by atoms with Crippen molar-refractivity contribution < 1.29 is 14.3 Å². The van der Waals surface area contributed by atoms with Crippen molar-refractivity contribution in [1.29, 1.82) is 5.26 Å². The number of nitriles is 1. The van der Waals surface area contributed by atoms with Gasteiger partial charge in [0.1, 0.15) is 33.9 Å². The molecule has 0 bridgehead atoms. The normalized spacial score (nSPS) is 14.7. The summed E-state index contributed by atoms with van der Waals surface area (Å²) in [5.74, 6) is 1.29. The van der Waals surface area contributed by atoms with Crippen molar-refractivity contribution in [3.63, 3.8) is 0 Å². The lowest BCUT2D eigenvalue weighted by atomic mass is 10.1. The molecular formula is C31H31FN10O2S. The second-order valence-electron chi connectivity index (χ2n) is 10.7. The molecule has 0 saturated carbocycles. The van der Waals surface area contributed by atoms with Gasteiger partial charge in [-0.2, -0.15) is 5.26 Å². The number of nitrogens with one attached hydrogen (secondary N) is 2. The maximum absolute atomic E-state index is 13.5. The molecule has 0 amide bonds. The quantitative estimate of drug-likeness (QED) is 0.217. The van der Waals surface area contributed by atoms with Gasteiger partial charge in [0.15, 0.2) is 5.13 Å². The van der Waals surface area contributed by atoms with Gasteiger partial charge in [0, 0.05) is 80.6 Å². The van der Waals surface area contributed by atoms with E-state index in [4.69, 9.17) is 19.9 Å². The Kier molecular flexibility index (Phi) is 8.65. The van der Waals surface area contributed by atoms with Crippen molar-refractivity contribution in [1.82, 2.24) is 35.0 Å². The summed E-state index contributed by atoms with van der Waals surface area (Å²) in [6.07, 6.45) is 6.51. The highest BCUT2D eigenvalue weighted by Gasteiger charge is 2.31. The monoisotopic (exact) mass is 626 g/mol. The van der Waals surface area contributed by atoms with Crippen molar-refractivity contribution in [3.8, 4) is 28.5 Å². The number of imidazole rings is 1. The van der Waals surface area contributed by atoms with Crippen LogP contribution in [0.2, 0.25) is 0 Å². The predicted octanol–water partition coefficient (Wildman–Crippen LogP) is 3.71. The third-order valence-electron chi connectivity index (χ3n) is 7.83. The molecule has 45 heavy (non-hydrogen) atoms. The Morgan fingerprint density at radius 3 is 2.42 bits per heavy atom. The fourth-order valence-electron chi connectivity index (χ4n) is 5.39. The molecule has 14 heteroatoms. The molecule has 0 atom stereocenters. The zero-order valence-corrected chi connectivity index (χ0v) is 25.5. The number of nitrogens with zero attached hydrogens (tertiary/aromatic N) is 8. The lowest BCUT2D eigenvalue weighted by Crippen LogP contribution is -2.66. The molecule has 0 unspecified atom stereocenters. The van der Waals surface area contributed by atoms with Gasteiger partial charge >= 0.3 is 0 Å². The van der Waals surface area contributed by atoms with Crippen LogP contribution < -0.4 is 20.4 Å². The Labute approximate surface area is 262 Å². The first-order valence-electron chi connectivity index (χ1n) is 14.5. The van der Waals surface area contributed by atoms with Crippen LogP contribution in [0, 0.1) is 17.1 Å². The van der Waals surface area contributed by atoms with E-state index in [9.17, 15) is 9.65 Å². The van der Waals surface area contributed by atoms with Crippen LogP contribution >= 0.6 is 11.3 Å².